The molecule has 150 valence electrons. The number of rotatable bonds is 4. The predicted molar refractivity (Wildman–Crippen MR) is 119 cm³/mol. The number of para-hydroxylation sites is 1. The molecule has 1 saturated heterocycles. The number of fused-ring (bicyclic) bond motifs is 2. The standard InChI is InChI=1S/C25H23N3O2/c1-27(18-14-30-15-18)22-8-4-6-17-11-12-28(25(29)24(17)22)23-13-19(23)21-10-9-16-5-2-3-7-20(16)26-21/h2-12,18-19,23H,13-15H2,1H3/t19-,23+/m0/s1. The van der Waals surface area contributed by atoms with E-state index in [9.17, 15) is 4.79 Å². The maximum absolute atomic E-state index is 13.5. The number of hydrogen-bond acceptors (Lipinski definition) is 4. The van der Waals surface area contributed by atoms with Crippen molar-refractivity contribution in [1.82, 2.24) is 9.55 Å². The van der Waals surface area contributed by atoms with Gasteiger partial charge in [0.15, 0.2) is 0 Å². The Morgan fingerprint density at radius 3 is 2.67 bits per heavy atom. The van der Waals surface area contributed by atoms with Crippen molar-refractivity contribution >= 4 is 27.4 Å². The van der Waals surface area contributed by atoms with Crippen molar-refractivity contribution in [3.63, 3.8) is 0 Å². The van der Waals surface area contributed by atoms with Gasteiger partial charge in [-0.05, 0) is 36.1 Å². The van der Waals surface area contributed by atoms with Crippen LogP contribution in [0.3, 0.4) is 0 Å². The first-order valence-corrected chi connectivity index (χ1v) is 10.5. The van der Waals surface area contributed by atoms with Crippen LogP contribution in [0.1, 0.15) is 24.1 Å². The summed E-state index contributed by atoms with van der Waals surface area (Å²) in [5, 5.41) is 2.93. The van der Waals surface area contributed by atoms with Gasteiger partial charge in [-0.2, -0.15) is 0 Å². The van der Waals surface area contributed by atoms with Crippen molar-refractivity contribution in [2.24, 2.45) is 0 Å². The van der Waals surface area contributed by atoms with Gasteiger partial charge in [0.1, 0.15) is 0 Å². The zero-order chi connectivity index (χ0) is 20.2. The molecule has 5 nitrogen and oxygen atoms in total. The van der Waals surface area contributed by atoms with Gasteiger partial charge in [0, 0.05) is 36.3 Å². The summed E-state index contributed by atoms with van der Waals surface area (Å²) in [6.45, 7) is 1.43. The van der Waals surface area contributed by atoms with Crippen LogP contribution in [0.2, 0.25) is 0 Å². The molecule has 0 unspecified atom stereocenters. The molecule has 2 atom stereocenters. The van der Waals surface area contributed by atoms with Gasteiger partial charge in [-0.1, -0.05) is 36.4 Å². The minimum absolute atomic E-state index is 0.0866. The van der Waals surface area contributed by atoms with Gasteiger partial charge in [-0.3, -0.25) is 9.78 Å². The molecule has 0 bridgehead atoms. The Morgan fingerprint density at radius 2 is 1.83 bits per heavy atom. The fraction of sp³-hybridized carbons (Fsp3) is 0.280. The third-order valence-corrected chi connectivity index (χ3v) is 6.60. The quantitative estimate of drug-likeness (QED) is 0.520. The van der Waals surface area contributed by atoms with E-state index in [1.165, 1.54) is 0 Å². The van der Waals surface area contributed by atoms with Crippen LogP contribution in [0.4, 0.5) is 5.69 Å². The fourth-order valence-electron chi connectivity index (χ4n) is 4.58. The molecule has 4 aromatic rings. The molecule has 1 saturated carbocycles. The lowest BCUT2D eigenvalue weighted by Gasteiger charge is -2.36. The molecule has 3 heterocycles. The number of likely N-dealkylation sites (N-methyl/N-ethyl adjacent to an activating group) is 1. The number of aromatic nitrogens is 2. The molecule has 6 rings (SSSR count). The van der Waals surface area contributed by atoms with Crippen LogP contribution in [-0.4, -0.2) is 35.9 Å². The maximum atomic E-state index is 13.5. The van der Waals surface area contributed by atoms with E-state index >= 15 is 0 Å². The van der Waals surface area contributed by atoms with E-state index in [-0.39, 0.29) is 17.5 Å². The molecule has 0 N–H and O–H groups in total. The zero-order valence-electron chi connectivity index (χ0n) is 16.9. The summed E-state index contributed by atoms with van der Waals surface area (Å²) < 4.78 is 7.27. The highest BCUT2D eigenvalue weighted by atomic mass is 16.5. The van der Waals surface area contributed by atoms with Crippen molar-refractivity contribution in [3.05, 3.63) is 82.9 Å². The summed E-state index contributed by atoms with van der Waals surface area (Å²) in [5.74, 6) is 0.287. The van der Waals surface area contributed by atoms with E-state index in [0.717, 1.165) is 39.5 Å². The molecular formula is C25H23N3O2. The molecule has 5 heteroatoms. The lowest BCUT2D eigenvalue weighted by molar-refractivity contribution is 0.0102. The third-order valence-electron chi connectivity index (χ3n) is 6.60. The van der Waals surface area contributed by atoms with Gasteiger partial charge in [0.25, 0.3) is 5.56 Å². The van der Waals surface area contributed by atoms with E-state index < -0.39 is 0 Å². The Hall–Kier alpha value is -3.18. The first-order chi connectivity index (χ1) is 14.7. The Morgan fingerprint density at radius 1 is 1.00 bits per heavy atom. The Kier molecular flexibility index (Phi) is 3.93. The van der Waals surface area contributed by atoms with Gasteiger partial charge < -0.3 is 14.2 Å². The van der Waals surface area contributed by atoms with Gasteiger partial charge in [-0.25, -0.2) is 0 Å². The molecule has 1 aliphatic heterocycles. The highest BCUT2D eigenvalue weighted by Gasteiger charge is 2.42. The minimum Gasteiger partial charge on any atom is -0.377 e. The normalized spacial score (nSPS) is 21.0. The molecule has 1 aliphatic carbocycles. The van der Waals surface area contributed by atoms with Crippen molar-refractivity contribution in [2.75, 3.05) is 25.2 Å². The number of pyridine rings is 2. The lowest BCUT2D eigenvalue weighted by Crippen LogP contribution is -2.47. The molecular weight excluding hydrogens is 374 g/mol. The number of ether oxygens (including phenoxy) is 1. The van der Waals surface area contributed by atoms with Crippen LogP contribution in [0.25, 0.3) is 21.7 Å². The highest BCUT2D eigenvalue weighted by molar-refractivity contribution is 5.93. The van der Waals surface area contributed by atoms with Crippen LogP contribution < -0.4 is 10.5 Å². The average molecular weight is 397 g/mol. The smallest absolute Gasteiger partial charge is 0.260 e. The second-order valence-electron chi connectivity index (χ2n) is 8.41. The highest BCUT2D eigenvalue weighted by Crippen LogP contribution is 2.50. The minimum atomic E-state index is 0.0866. The Labute approximate surface area is 174 Å². The molecule has 2 fully saturated rings. The second-order valence-corrected chi connectivity index (χ2v) is 8.41. The summed E-state index contributed by atoms with van der Waals surface area (Å²) in [6, 6.07) is 21.1. The van der Waals surface area contributed by atoms with Crippen molar-refractivity contribution in [3.8, 4) is 0 Å². The Bertz CT molecular complexity index is 1330. The number of benzene rings is 2. The van der Waals surface area contributed by atoms with Crippen LogP contribution >= 0.6 is 0 Å². The average Bonchev–Trinajstić information content (AvgIpc) is 3.52. The van der Waals surface area contributed by atoms with Gasteiger partial charge >= 0.3 is 0 Å². The van der Waals surface area contributed by atoms with Crippen LogP contribution in [0, 0.1) is 0 Å². The first-order valence-electron chi connectivity index (χ1n) is 10.5. The van der Waals surface area contributed by atoms with Crippen molar-refractivity contribution < 1.29 is 4.74 Å². The van der Waals surface area contributed by atoms with Gasteiger partial charge in [0.05, 0.1) is 35.8 Å². The van der Waals surface area contributed by atoms with Crippen LogP contribution in [0.15, 0.2) is 71.7 Å². The van der Waals surface area contributed by atoms with Crippen molar-refractivity contribution in [1.29, 1.82) is 0 Å². The largest absolute Gasteiger partial charge is 0.377 e. The van der Waals surface area contributed by atoms with Gasteiger partial charge in [-0.15, -0.1) is 0 Å². The van der Waals surface area contributed by atoms with E-state index in [4.69, 9.17) is 9.72 Å². The van der Waals surface area contributed by atoms with E-state index in [0.29, 0.717) is 19.3 Å². The molecule has 0 spiro atoms. The van der Waals surface area contributed by atoms with E-state index in [1.54, 1.807) is 0 Å². The number of nitrogens with zero attached hydrogens (tertiary/aromatic N) is 3. The fourth-order valence-corrected chi connectivity index (χ4v) is 4.58. The molecule has 2 aromatic carbocycles. The first kappa shape index (κ1) is 17.7. The summed E-state index contributed by atoms with van der Waals surface area (Å²) in [6.07, 6.45) is 2.90. The molecule has 0 amide bonds. The topological polar surface area (TPSA) is 47.4 Å². The number of anilines is 1. The van der Waals surface area contributed by atoms with E-state index in [1.807, 2.05) is 47.2 Å². The number of hydrogen-bond donors (Lipinski definition) is 0. The summed E-state index contributed by atoms with van der Waals surface area (Å²) in [4.78, 5) is 20.6. The Balaban J connectivity index is 1.38. The predicted octanol–water partition coefficient (Wildman–Crippen LogP) is 4.11. The monoisotopic (exact) mass is 397 g/mol. The molecule has 30 heavy (non-hydrogen) atoms. The van der Waals surface area contributed by atoms with Crippen LogP contribution in [-0.2, 0) is 4.74 Å². The van der Waals surface area contributed by atoms with Crippen LogP contribution in [0.5, 0.6) is 0 Å². The molecule has 0 radical (unpaired) electrons. The summed E-state index contributed by atoms with van der Waals surface area (Å²) in [5.41, 5.74) is 3.16. The zero-order valence-corrected chi connectivity index (χ0v) is 16.9. The second kappa shape index (κ2) is 6.67. The van der Waals surface area contributed by atoms with E-state index in [2.05, 4.69) is 36.2 Å². The maximum Gasteiger partial charge on any atom is 0.260 e. The van der Waals surface area contributed by atoms with Gasteiger partial charge in [0.2, 0.25) is 0 Å². The SMILES string of the molecule is CN(c1cccc2ccn([C@@H]3C[C@H]3c3ccc4ccccc4n3)c(=O)c12)C1COC1. The lowest BCUT2D eigenvalue weighted by atomic mass is 10.1. The molecule has 2 aliphatic rings. The molecule has 2 aromatic heterocycles. The summed E-state index contributed by atoms with van der Waals surface area (Å²) in [7, 11) is 2.05. The third kappa shape index (κ3) is 2.73. The van der Waals surface area contributed by atoms with Crippen molar-refractivity contribution in [2.45, 2.75) is 24.4 Å². The summed E-state index contributed by atoms with van der Waals surface area (Å²) >= 11 is 0.